The van der Waals surface area contributed by atoms with E-state index in [1.54, 1.807) is 20.8 Å². The molecule has 0 aromatic carbocycles. The van der Waals surface area contributed by atoms with Crippen LogP contribution in [0.4, 0.5) is 0 Å². The van der Waals surface area contributed by atoms with Crippen LogP contribution in [0.25, 0.3) is 0 Å². The summed E-state index contributed by atoms with van der Waals surface area (Å²) in [6, 6.07) is 0.342. The van der Waals surface area contributed by atoms with Gasteiger partial charge in [-0.1, -0.05) is 0 Å². The number of methoxy groups -OCH3 is 1. The number of phosphoric acid groups is 1. The van der Waals surface area contributed by atoms with E-state index in [1.807, 2.05) is 0 Å². The van der Waals surface area contributed by atoms with Crippen molar-refractivity contribution < 1.29 is 37.2 Å². The Labute approximate surface area is 179 Å². The highest BCUT2D eigenvalue weighted by atomic mass is 31.2. The number of nitrogens with one attached hydrogen (secondary N) is 1. The summed E-state index contributed by atoms with van der Waals surface area (Å²) in [5.74, 6) is -0.413. The van der Waals surface area contributed by atoms with Crippen molar-refractivity contribution in [2.45, 2.75) is 57.5 Å². The molecule has 0 amide bonds. The average molecular weight is 484 g/mol. The predicted molar refractivity (Wildman–Crippen MR) is 111 cm³/mol. The second-order valence-electron chi connectivity index (χ2n) is 8.36. The van der Waals surface area contributed by atoms with Crippen LogP contribution in [-0.4, -0.2) is 57.5 Å². The second kappa shape index (κ2) is 9.80. The molecule has 2 unspecified atom stereocenters. The van der Waals surface area contributed by atoms with E-state index in [2.05, 4.69) is 9.51 Å². The molecule has 0 saturated heterocycles. The molecule has 31 heavy (non-hydrogen) atoms. The van der Waals surface area contributed by atoms with E-state index >= 15 is 0 Å². The molecule has 12 nitrogen and oxygen atoms in total. The number of hydrogen-bond acceptors (Lipinski definition) is 8. The Hall–Kier alpha value is -1.10. The van der Waals surface area contributed by atoms with Crippen LogP contribution in [0.2, 0.25) is 0 Å². The minimum Gasteiger partial charge on any atom is -0.378 e. The number of nitrogens with zero attached hydrogens (tertiary/aromatic N) is 1. The average Bonchev–Trinajstić information content (AvgIpc) is 2.94. The smallest absolute Gasteiger partial charge is 0.378 e. The third-order valence-corrected chi connectivity index (χ3v) is 7.59. The normalized spacial score (nSPS) is 28.2. The summed E-state index contributed by atoms with van der Waals surface area (Å²) in [6.07, 6.45) is -0.444. The first kappa shape index (κ1) is 26.2. The van der Waals surface area contributed by atoms with Gasteiger partial charge < -0.3 is 19.0 Å². The maximum Gasteiger partial charge on any atom is 0.473 e. The minimum absolute atomic E-state index is 0.171. The van der Waals surface area contributed by atoms with E-state index in [0.717, 1.165) is 13.2 Å². The maximum atomic E-state index is 12.6. The predicted octanol–water partition coefficient (Wildman–Crippen LogP) is 1.64. The number of H-pyrrole nitrogens is 1. The molecule has 1 aromatic rings. The van der Waals surface area contributed by atoms with E-state index in [1.165, 1.54) is 17.9 Å². The van der Waals surface area contributed by atoms with Crippen LogP contribution < -0.4 is 11.2 Å². The maximum absolute atomic E-state index is 12.6. The van der Waals surface area contributed by atoms with Gasteiger partial charge >= 0.3 is 21.1 Å². The summed E-state index contributed by atoms with van der Waals surface area (Å²) in [4.78, 5) is 46.0. The molecular weight excluding hydrogens is 454 g/mol. The lowest BCUT2D eigenvalue weighted by Gasteiger charge is -2.30. The van der Waals surface area contributed by atoms with Gasteiger partial charge in [0.05, 0.1) is 23.9 Å². The summed E-state index contributed by atoms with van der Waals surface area (Å²) in [5, 5.41) is 0. The van der Waals surface area contributed by atoms with Crippen molar-refractivity contribution in [2.75, 3.05) is 20.4 Å². The molecule has 1 aliphatic carbocycles. The van der Waals surface area contributed by atoms with Crippen molar-refractivity contribution in [2.24, 2.45) is 5.92 Å². The van der Waals surface area contributed by atoms with E-state index in [9.17, 15) is 28.5 Å². The zero-order valence-corrected chi connectivity index (χ0v) is 19.9. The number of rotatable bonds is 9. The topological polar surface area (TPSA) is 166 Å². The second-order valence-corrected chi connectivity index (χ2v) is 11.8. The Balaban J connectivity index is 2.41. The molecule has 0 aliphatic heterocycles. The van der Waals surface area contributed by atoms with Crippen LogP contribution in [-0.2, 0) is 27.4 Å². The molecule has 0 radical (unpaired) electrons. The van der Waals surface area contributed by atoms with Crippen molar-refractivity contribution in [1.82, 2.24) is 9.55 Å². The Morgan fingerprint density at radius 1 is 1.19 bits per heavy atom. The van der Waals surface area contributed by atoms with Crippen LogP contribution in [0, 0.1) is 5.92 Å². The molecule has 1 aromatic heterocycles. The lowest BCUT2D eigenvalue weighted by Crippen LogP contribution is -2.39. The van der Waals surface area contributed by atoms with Crippen LogP contribution in [0.5, 0.6) is 0 Å². The van der Waals surface area contributed by atoms with Crippen molar-refractivity contribution in [3.05, 3.63) is 33.1 Å². The summed E-state index contributed by atoms with van der Waals surface area (Å²) in [6.45, 7) is 4.74. The van der Waals surface area contributed by atoms with Crippen LogP contribution in [0.3, 0.4) is 0 Å². The molecule has 1 aliphatic rings. The Bertz CT molecular complexity index is 969. The number of aromatic nitrogens is 2. The summed E-state index contributed by atoms with van der Waals surface area (Å²) in [5.41, 5.74) is -2.31. The van der Waals surface area contributed by atoms with Gasteiger partial charge in [-0.05, 0) is 39.5 Å². The van der Waals surface area contributed by atoms with E-state index in [0.29, 0.717) is 0 Å². The molecule has 1 saturated carbocycles. The lowest BCUT2D eigenvalue weighted by atomic mass is 10.0. The van der Waals surface area contributed by atoms with E-state index in [4.69, 9.17) is 13.8 Å². The highest BCUT2D eigenvalue weighted by Crippen LogP contribution is 2.54. The molecule has 178 valence electrons. The fourth-order valence-corrected chi connectivity index (χ4v) is 5.85. The van der Waals surface area contributed by atoms with E-state index < -0.39 is 56.4 Å². The fourth-order valence-electron chi connectivity index (χ4n) is 3.71. The highest BCUT2D eigenvalue weighted by Gasteiger charge is 2.49. The van der Waals surface area contributed by atoms with Crippen LogP contribution >= 0.6 is 15.4 Å². The third-order valence-electron chi connectivity index (χ3n) is 4.90. The summed E-state index contributed by atoms with van der Waals surface area (Å²) < 4.78 is 46.5. The SMILES string of the molecule is CO[C@@H]1[C@@H](CCP(=O)(O)OC)C[C@H](n2ccc(=O)[nH]c2=O)[C@@H]1OP(=O)(O)OC(C)(C)C. The molecule has 3 N–H and O–H groups in total. The number of hydrogen-bond donors (Lipinski definition) is 3. The first-order chi connectivity index (χ1) is 14.2. The molecule has 14 heteroatoms. The van der Waals surface area contributed by atoms with Gasteiger partial charge in [-0.25, -0.2) is 9.36 Å². The first-order valence-electron chi connectivity index (χ1n) is 9.62. The quantitative estimate of drug-likeness (QED) is 0.439. The standard InChI is InChI=1S/C17H30N2O10P2/c1-17(2,3)29-31(24,25)28-15-12(19-8-6-13(20)18-16(19)21)10-11(14(15)26-4)7-9-30(22,23)27-5/h6,8,11-12,14-15H,7,9-10H2,1-5H3,(H,22,23)(H,24,25)(H,18,20,21)/t11-,12-,14+,15-/m0/s1. The minimum atomic E-state index is -4.58. The third kappa shape index (κ3) is 7.20. The fraction of sp³-hybridized carbons (Fsp3) is 0.765. The molecule has 6 atom stereocenters. The molecule has 1 fully saturated rings. The van der Waals surface area contributed by atoms with Gasteiger partial charge in [0.25, 0.3) is 5.56 Å². The molecule has 1 heterocycles. The zero-order chi connectivity index (χ0) is 23.6. The lowest BCUT2D eigenvalue weighted by molar-refractivity contribution is -0.0379. The van der Waals surface area contributed by atoms with Crippen molar-refractivity contribution in [3.8, 4) is 0 Å². The Morgan fingerprint density at radius 3 is 2.35 bits per heavy atom. The Kier molecular flexibility index (Phi) is 8.27. The molecule has 0 bridgehead atoms. The van der Waals surface area contributed by atoms with E-state index in [-0.39, 0.29) is 19.0 Å². The summed E-state index contributed by atoms with van der Waals surface area (Å²) in [7, 11) is -5.88. The Morgan fingerprint density at radius 2 is 1.84 bits per heavy atom. The van der Waals surface area contributed by atoms with Crippen molar-refractivity contribution in [3.63, 3.8) is 0 Å². The molecule has 2 rings (SSSR count). The van der Waals surface area contributed by atoms with Gasteiger partial charge in [0.15, 0.2) is 0 Å². The van der Waals surface area contributed by atoms with Crippen LogP contribution in [0.15, 0.2) is 21.9 Å². The van der Waals surface area contributed by atoms with Gasteiger partial charge in [-0.15, -0.1) is 0 Å². The highest BCUT2D eigenvalue weighted by molar-refractivity contribution is 7.52. The van der Waals surface area contributed by atoms with Gasteiger partial charge in [0, 0.05) is 26.5 Å². The van der Waals surface area contributed by atoms with Crippen LogP contribution in [0.1, 0.15) is 39.7 Å². The molecule has 0 spiro atoms. The molecular formula is C17H30N2O10P2. The number of phosphoric ester groups is 1. The first-order valence-corrected chi connectivity index (χ1v) is 12.9. The zero-order valence-electron chi connectivity index (χ0n) is 18.1. The van der Waals surface area contributed by atoms with Gasteiger partial charge in [-0.3, -0.25) is 28.0 Å². The summed E-state index contributed by atoms with van der Waals surface area (Å²) >= 11 is 0. The number of ether oxygens (including phenoxy) is 1. The van der Waals surface area contributed by atoms with Gasteiger partial charge in [-0.2, -0.15) is 0 Å². The van der Waals surface area contributed by atoms with Crippen molar-refractivity contribution in [1.29, 1.82) is 0 Å². The van der Waals surface area contributed by atoms with Gasteiger partial charge in [0.1, 0.15) is 6.10 Å². The largest absolute Gasteiger partial charge is 0.473 e. The van der Waals surface area contributed by atoms with Gasteiger partial charge in [0.2, 0.25) is 0 Å². The monoisotopic (exact) mass is 484 g/mol. The number of aromatic amines is 1. The van der Waals surface area contributed by atoms with Crippen molar-refractivity contribution >= 4 is 15.4 Å².